The SMILES string of the molecule is CN1/C(=C/c2cc[n+](CCCCCCN)c3ccccc23)Sc2ccccc21.[Cl-]. The Morgan fingerprint density at radius 1 is 0.966 bits per heavy atom. The maximum absolute atomic E-state index is 5.60. The fourth-order valence-electron chi connectivity index (χ4n) is 3.79. The molecule has 4 rings (SSSR count). The second-order valence-electron chi connectivity index (χ2n) is 7.30. The van der Waals surface area contributed by atoms with Crippen LogP contribution < -0.4 is 27.6 Å². The van der Waals surface area contributed by atoms with Crippen LogP contribution in [0.25, 0.3) is 17.0 Å². The van der Waals surface area contributed by atoms with Crippen molar-refractivity contribution < 1.29 is 17.0 Å². The Morgan fingerprint density at radius 3 is 2.55 bits per heavy atom. The van der Waals surface area contributed by atoms with E-state index in [0.717, 1.165) is 19.5 Å². The van der Waals surface area contributed by atoms with Crippen LogP contribution in [0, 0.1) is 0 Å². The second kappa shape index (κ2) is 10.1. The molecule has 0 saturated heterocycles. The molecule has 5 heteroatoms. The van der Waals surface area contributed by atoms with Crippen LogP contribution >= 0.6 is 11.8 Å². The minimum absolute atomic E-state index is 0. The molecule has 0 fully saturated rings. The van der Waals surface area contributed by atoms with Gasteiger partial charge in [0.1, 0.15) is 6.54 Å². The van der Waals surface area contributed by atoms with E-state index in [0.29, 0.717) is 0 Å². The van der Waals surface area contributed by atoms with E-state index in [9.17, 15) is 0 Å². The van der Waals surface area contributed by atoms with Crippen LogP contribution in [0.1, 0.15) is 31.2 Å². The molecule has 152 valence electrons. The molecular formula is C24H28ClN3S. The Labute approximate surface area is 184 Å². The van der Waals surface area contributed by atoms with E-state index in [4.69, 9.17) is 5.73 Å². The molecule has 2 heterocycles. The van der Waals surface area contributed by atoms with Crippen molar-refractivity contribution in [2.24, 2.45) is 5.73 Å². The Kier molecular flexibility index (Phi) is 7.59. The van der Waals surface area contributed by atoms with Crippen LogP contribution in [-0.4, -0.2) is 13.6 Å². The highest BCUT2D eigenvalue weighted by molar-refractivity contribution is 8.03. The molecule has 3 nitrogen and oxygen atoms in total. The topological polar surface area (TPSA) is 33.1 Å². The van der Waals surface area contributed by atoms with Gasteiger partial charge in [0.25, 0.3) is 0 Å². The highest BCUT2D eigenvalue weighted by Gasteiger charge is 2.22. The number of nitrogens with two attached hydrogens (primary N) is 1. The molecule has 2 N–H and O–H groups in total. The average Bonchev–Trinajstić information content (AvgIpc) is 3.05. The summed E-state index contributed by atoms with van der Waals surface area (Å²) in [5, 5.41) is 2.58. The van der Waals surface area contributed by atoms with E-state index in [1.54, 1.807) is 0 Å². The predicted octanol–water partition coefficient (Wildman–Crippen LogP) is 2.19. The molecule has 0 saturated carbocycles. The second-order valence-corrected chi connectivity index (χ2v) is 8.36. The van der Waals surface area contributed by atoms with Crippen molar-refractivity contribution in [1.82, 2.24) is 0 Å². The Morgan fingerprint density at radius 2 is 1.72 bits per heavy atom. The van der Waals surface area contributed by atoms with Gasteiger partial charge in [-0.2, -0.15) is 4.57 Å². The van der Waals surface area contributed by atoms with E-state index >= 15 is 0 Å². The van der Waals surface area contributed by atoms with Gasteiger partial charge in [-0.15, -0.1) is 0 Å². The highest BCUT2D eigenvalue weighted by atomic mass is 35.5. The largest absolute Gasteiger partial charge is 1.00 e. The number of unbranched alkanes of at least 4 members (excludes halogenated alkanes) is 3. The van der Waals surface area contributed by atoms with Gasteiger partial charge in [0.05, 0.1) is 16.1 Å². The monoisotopic (exact) mass is 425 g/mol. The summed E-state index contributed by atoms with van der Waals surface area (Å²) < 4.78 is 2.39. The summed E-state index contributed by atoms with van der Waals surface area (Å²) in [6, 6.07) is 19.6. The van der Waals surface area contributed by atoms with Crippen LogP contribution in [0.2, 0.25) is 0 Å². The first kappa shape index (κ1) is 21.7. The number of pyridine rings is 1. The minimum Gasteiger partial charge on any atom is -1.00 e. The average molecular weight is 426 g/mol. The van der Waals surface area contributed by atoms with E-state index in [2.05, 4.69) is 83.4 Å². The normalized spacial score (nSPS) is 14.3. The molecule has 1 aliphatic heterocycles. The summed E-state index contributed by atoms with van der Waals surface area (Å²) >= 11 is 1.84. The van der Waals surface area contributed by atoms with Gasteiger partial charge >= 0.3 is 0 Å². The van der Waals surface area contributed by atoms with Crippen molar-refractivity contribution in [3.05, 3.63) is 71.4 Å². The van der Waals surface area contributed by atoms with Gasteiger partial charge in [-0.05, 0) is 49.2 Å². The number of thioether (sulfide) groups is 1. The summed E-state index contributed by atoms with van der Waals surface area (Å²) in [4.78, 5) is 3.61. The number of nitrogens with zero attached hydrogens (tertiary/aromatic N) is 2. The number of halogens is 1. The van der Waals surface area contributed by atoms with E-state index in [1.165, 1.54) is 51.3 Å². The molecule has 0 atom stereocenters. The molecular weight excluding hydrogens is 398 g/mol. The quantitative estimate of drug-likeness (QED) is 0.465. The lowest BCUT2D eigenvalue weighted by molar-refractivity contribution is -0.671. The van der Waals surface area contributed by atoms with Crippen LogP contribution in [0.15, 0.2) is 70.7 Å². The van der Waals surface area contributed by atoms with E-state index in [-0.39, 0.29) is 12.4 Å². The van der Waals surface area contributed by atoms with E-state index < -0.39 is 0 Å². The maximum atomic E-state index is 5.60. The van der Waals surface area contributed by atoms with Crippen LogP contribution in [-0.2, 0) is 6.54 Å². The van der Waals surface area contributed by atoms with Gasteiger partial charge in [0.2, 0.25) is 5.52 Å². The molecule has 0 unspecified atom stereocenters. The third-order valence-electron chi connectivity index (χ3n) is 5.36. The van der Waals surface area contributed by atoms with Gasteiger partial charge in [-0.3, -0.25) is 0 Å². The molecule has 1 aromatic heterocycles. The number of para-hydroxylation sites is 2. The van der Waals surface area contributed by atoms with Crippen LogP contribution in [0.5, 0.6) is 0 Å². The Bertz CT molecular complexity index is 1000. The zero-order chi connectivity index (χ0) is 19.3. The van der Waals surface area contributed by atoms with Crippen molar-refractivity contribution in [1.29, 1.82) is 0 Å². The third-order valence-corrected chi connectivity index (χ3v) is 6.53. The first-order valence-corrected chi connectivity index (χ1v) is 10.9. The number of rotatable bonds is 7. The summed E-state index contributed by atoms with van der Waals surface area (Å²) in [5.74, 6) is 0. The molecule has 1 aliphatic rings. The van der Waals surface area contributed by atoms with Gasteiger partial charge in [-0.25, -0.2) is 0 Å². The van der Waals surface area contributed by atoms with Crippen LogP contribution in [0.4, 0.5) is 5.69 Å². The number of aryl methyl sites for hydroxylation is 1. The standard InChI is InChI=1S/C24H28N3S.ClH/c1-26-22-12-6-7-13-23(22)28-24(26)18-19-14-17-27(16-9-3-2-8-15-25)21-11-5-4-10-20(19)21;/h4-7,10-14,17-18H,2-3,8-9,15-16,25H2,1H3;1H/q+1;/p-1. The van der Waals surface area contributed by atoms with Crippen molar-refractivity contribution in [3.8, 4) is 0 Å². The molecule has 0 radical (unpaired) electrons. The molecule has 3 aromatic rings. The molecule has 0 amide bonds. The number of fused-ring (bicyclic) bond motifs is 2. The van der Waals surface area contributed by atoms with Crippen LogP contribution in [0.3, 0.4) is 0 Å². The van der Waals surface area contributed by atoms with Gasteiger partial charge in [-0.1, -0.05) is 42.4 Å². The number of benzene rings is 2. The lowest BCUT2D eigenvalue weighted by atomic mass is 10.1. The van der Waals surface area contributed by atoms with Crippen molar-refractivity contribution in [3.63, 3.8) is 0 Å². The first-order chi connectivity index (χ1) is 13.8. The van der Waals surface area contributed by atoms with Crippen molar-refractivity contribution in [2.45, 2.75) is 37.1 Å². The Balaban J connectivity index is 0.00000240. The van der Waals surface area contributed by atoms with Gasteiger partial charge in [0, 0.05) is 30.5 Å². The lowest BCUT2D eigenvalue weighted by Gasteiger charge is -2.13. The van der Waals surface area contributed by atoms with Gasteiger partial charge < -0.3 is 23.0 Å². The number of anilines is 1. The first-order valence-electron chi connectivity index (χ1n) is 10.1. The van der Waals surface area contributed by atoms with Crippen molar-refractivity contribution in [2.75, 3.05) is 18.5 Å². The van der Waals surface area contributed by atoms with Gasteiger partial charge in [0.15, 0.2) is 6.20 Å². The fraction of sp³-hybridized carbons (Fsp3) is 0.292. The maximum Gasteiger partial charge on any atom is 0.213 e. The summed E-state index contributed by atoms with van der Waals surface area (Å²) in [5.41, 5.74) is 9.47. The smallest absolute Gasteiger partial charge is 0.213 e. The fourth-order valence-corrected chi connectivity index (χ4v) is 4.89. The minimum atomic E-state index is 0. The zero-order valence-corrected chi connectivity index (χ0v) is 18.4. The van der Waals surface area contributed by atoms with Crippen molar-refractivity contribution >= 4 is 34.4 Å². The molecule has 0 aliphatic carbocycles. The number of aromatic nitrogens is 1. The molecule has 29 heavy (non-hydrogen) atoms. The zero-order valence-electron chi connectivity index (χ0n) is 16.9. The summed E-state index contributed by atoms with van der Waals surface area (Å²) in [6.45, 7) is 1.86. The Hall–Kier alpha value is -2.01. The molecule has 0 bridgehead atoms. The predicted molar refractivity (Wildman–Crippen MR) is 120 cm³/mol. The number of hydrogen-bond donors (Lipinski definition) is 1. The summed E-state index contributed by atoms with van der Waals surface area (Å²) in [7, 11) is 2.15. The molecule has 2 aromatic carbocycles. The third kappa shape index (κ3) is 4.77. The van der Waals surface area contributed by atoms with E-state index in [1.807, 2.05) is 11.8 Å². The summed E-state index contributed by atoms with van der Waals surface area (Å²) in [6.07, 6.45) is 9.35. The molecule has 0 spiro atoms. The lowest BCUT2D eigenvalue weighted by Crippen LogP contribution is -3.00. The highest BCUT2D eigenvalue weighted by Crippen LogP contribution is 2.45. The number of hydrogen-bond acceptors (Lipinski definition) is 3.